The average Bonchev–Trinajstić information content (AvgIpc) is 3.47. The van der Waals surface area contributed by atoms with Crippen LogP contribution in [-0.4, -0.2) is 49.7 Å². The minimum Gasteiger partial charge on any atom is -0.444 e. The van der Waals surface area contributed by atoms with Gasteiger partial charge in [-0.3, -0.25) is 9.11 Å². The number of fused-ring (bicyclic) bond motifs is 4. The van der Waals surface area contributed by atoms with Gasteiger partial charge in [0.15, 0.2) is 0 Å². The number of anilines is 2. The van der Waals surface area contributed by atoms with E-state index in [-0.39, 0.29) is 34.5 Å². The summed E-state index contributed by atoms with van der Waals surface area (Å²) in [7, 11) is -9.95. The summed E-state index contributed by atoms with van der Waals surface area (Å²) in [5.74, 6) is -1.66. The predicted molar refractivity (Wildman–Crippen MR) is 312 cm³/mol. The lowest BCUT2D eigenvalue weighted by atomic mass is 10.1. The molecule has 12 rings (SSSR count). The van der Waals surface area contributed by atoms with Crippen molar-refractivity contribution in [3.8, 4) is 23.0 Å². The summed E-state index contributed by atoms with van der Waals surface area (Å²) < 4.78 is 101. The lowest BCUT2D eigenvalue weighted by Crippen LogP contribution is -2.46. The van der Waals surface area contributed by atoms with Gasteiger partial charge in [-0.2, -0.15) is 26.8 Å². The van der Waals surface area contributed by atoms with Crippen LogP contribution in [0.3, 0.4) is 0 Å². The maximum Gasteiger partial charge on any atom is 0.305 e. The van der Waals surface area contributed by atoms with Gasteiger partial charge in [0.05, 0.1) is 0 Å². The van der Waals surface area contributed by atoms with Gasteiger partial charge in [-0.25, -0.2) is 0 Å². The molecule has 0 radical (unpaired) electrons. The first-order valence-electron chi connectivity index (χ1n) is 25.0. The zero-order valence-electron chi connectivity index (χ0n) is 42.0. The molecule has 2 unspecified atom stereocenters. The van der Waals surface area contributed by atoms with Crippen LogP contribution in [0.25, 0.3) is 55.2 Å². The monoisotopic (exact) mass is 1100 g/mol. The van der Waals surface area contributed by atoms with Crippen molar-refractivity contribution in [3.05, 3.63) is 242 Å². The zero-order valence-corrected chi connectivity index (χ0v) is 43.6. The Morgan fingerprint density at radius 2 is 0.738 bits per heavy atom. The van der Waals surface area contributed by atoms with Crippen LogP contribution in [0.4, 0.5) is 11.4 Å². The third kappa shape index (κ3) is 10.7. The Morgan fingerprint density at radius 3 is 1.10 bits per heavy atom. The smallest absolute Gasteiger partial charge is 0.305 e. The van der Waals surface area contributed by atoms with Crippen molar-refractivity contribution in [2.24, 2.45) is 9.98 Å². The summed E-state index contributed by atoms with van der Waals surface area (Å²) in [6.45, 7) is 0. The number of nitrogens with zero attached hydrogens (tertiary/aromatic N) is 2. The van der Waals surface area contributed by atoms with Gasteiger partial charge in [0.25, 0.3) is 32.3 Å². The Kier molecular flexibility index (Phi) is 13.2. The highest BCUT2D eigenvalue weighted by Crippen LogP contribution is 2.37. The van der Waals surface area contributed by atoms with Gasteiger partial charge in [0.2, 0.25) is 0 Å². The van der Waals surface area contributed by atoms with E-state index in [1.54, 1.807) is 48.8 Å². The molecule has 2 atom stereocenters. The molecular formula is C62H46N6O10S2. The summed E-state index contributed by atoms with van der Waals surface area (Å²) in [5, 5.41) is 19.4. The third-order valence-electron chi connectivity index (χ3n) is 13.2. The highest BCUT2D eigenvalue weighted by Gasteiger charge is 2.36. The molecule has 0 saturated carbocycles. The van der Waals surface area contributed by atoms with Crippen molar-refractivity contribution in [2.45, 2.75) is 21.5 Å². The molecule has 0 bridgehead atoms. The minimum atomic E-state index is -4.97. The summed E-state index contributed by atoms with van der Waals surface area (Å²) in [4.78, 5) is 8.64. The normalized spacial score (nSPS) is 17.1. The molecule has 0 aromatic heterocycles. The molecule has 18 heteroatoms. The second-order valence-corrected chi connectivity index (χ2v) is 21.3. The van der Waals surface area contributed by atoms with Crippen LogP contribution < -0.4 is 40.2 Å². The Bertz CT molecular complexity index is 4190. The zero-order chi connectivity index (χ0) is 54.9. The summed E-state index contributed by atoms with van der Waals surface area (Å²) in [6.07, 6.45) is 8.93. The second-order valence-electron chi connectivity index (χ2n) is 18.5. The maximum atomic E-state index is 13.3. The van der Waals surface area contributed by atoms with Crippen molar-refractivity contribution in [1.29, 1.82) is 0 Å². The summed E-state index contributed by atoms with van der Waals surface area (Å²) in [6, 6.07) is 61.4. The van der Waals surface area contributed by atoms with E-state index in [4.69, 9.17) is 28.9 Å². The first kappa shape index (κ1) is 50.8. The topological polar surface area (TPSA) is 218 Å². The fourth-order valence-electron chi connectivity index (χ4n) is 9.52. The molecule has 0 amide bonds. The second kappa shape index (κ2) is 20.8. The molecule has 0 aliphatic carbocycles. The fraction of sp³-hybridized carbons (Fsp3) is 0.0323. The first-order chi connectivity index (χ1) is 38.8. The van der Waals surface area contributed by atoms with Crippen LogP contribution in [0.1, 0.15) is 11.1 Å². The lowest BCUT2D eigenvalue weighted by Gasteiger charge is -2.32. The van der Waals surface area contributed by atoms with Gasteiger partial charge < -0.3 is 40.2 Å². The number of aliphatic imine (C=N–C) groups is 2. The van der Waals surface area contributed by atoms with Crippen molar-refractivity contribution in [1.82, 2.24) is 10.6 Å². The van der Waals surface area contributed by atoms with Crippen molar-refractivity contribution in [3.63, 3.8) is 0 Å². The van der Waals surface area contributed by atoms with Crippen LogP contribution in [0.5, 0.6) is 23.0 Å². The van der Waals surface area contributed by atoms with E-state index in [1.807, 2.05) is 146 Å². The maximum absolute atomic E-state index is 13.3. The van der Waals surface area contributed by atoms with Crippen LogP contribution in [0, 0.1) is 0 Å². The largest absolute Gasteiger partial charge is 0.444 e. The number of rotatable bonds is 14. The Hall–Kier alpha value is -9.98. The molecule has 2 aliphatic rings. The van der Waals surface area contributed by atoms with Gasteiger partial charge >= 0.3 is 11.7 Å². The summed E-state index contributed by atoms with van der Waals surface area (Å²) >= 11 is 0. The molecule has 2 aliphatic heterocycles. The molecule has 0 saturated heterocycles. The fourth-order valence-corrected chi connectivity index (χ4v) is 10.9. The molecule has 2 heterocycles. The molecule has 16 nitrogen and oxygen atoms in total. The van der Waals surface area contributed by atoms with E-state index in [0.29, 0.717) is 23.0 Å². The van der Waals surface area contributed by atoms with E-state index >= 15 is 0 Å². The Labute approximate surface area is 459 Å². The predicted octanol–water partition coefficient (Wildman–Crippen LogP) is 12.4. The van der Waals surface area contributed by atoms with Crippen molar-refractivity contribution < 1.29 is 44.9 Å². The van der Waals surface area contributed by atoms with Gasteiger partial charge in [0, 0.05) is 57.5 Å². The van der Waals surface area contributed by atoms with Gasteiger partial charge in [0.1, 0.15) is 32.8 Å². The van der Waals surface area contributed by atoms with Gasteiger partial charge in [-0.05, 0) is 81.2 Å². The van der Waals surface area contributed by atoms with Gasteiger partial charge in [-0.15, -0.1) is 0 Å². The van der Waals surface area contributed by atoms with Crippen molar-refractivity contribution >= 4 is 98.9 Å². The number of amidine groups is 2. The number of benzene rings is 10. The molecule has 10 aromatic rings. The van der Waals surface area contributed by atoms with Crippen LogP contribution in [0.2, 0.25) is 0 Å². The first-order valence-corrected chi connectivity index (χ1v) is 27.8. The third-order valence-corrected chi connectivity index (χ3v) is 15.0. The molecule has 396 valence electrons. The highest BCUT2D eigenvalue weighted by molar-refractivity contribution is 7.86. The minimum absolute atomic E-state index is 0.0368. The summed E-state index contributed by atoms with van der Waals surface area (Å²) in [5.41, 5.74) is 0.211. The molecule has 10 aromatic carbocycles. The van der Waals surface area contributed by atoms with E-state index < -0.39 is 41.7 Å². The highest BCUT2D eigenvalue weighted by atomic mass is 32.2. The average molecular weight is 1100 g/mol. The van der Waals surface area contributed by atoms with Crippen LogP contribution in [0.15, 0.2) is 251 Å². The lowest BCUT2D eigenvalue weighted by molar-refractivity contribution is 0.157. The number of nitrogens with one attached hydrogen (secondary N) is 4. The molecule has 6 N–H and O–H groups in total. The van der Waals surface area contributed by atoms with E-state index in [0.717, 1.165) is 43.1 Å². The standard InChI is InChI=1S/C62H46N6O10S2/c69-79(70,71)57-39-47(65-61(77-55-27-11-19-43-15-3-7-23-51(43)55)35-37-63-59(67-61)75-53-25-9-17-41-13-1-5-21-49(41)53)33-31-45(57)29-30-46-32-34-48(40-58(46)80(72,73)74)66-62(78-56-28-12-20-44-16-4-8-24-52(44)56)36-38-64-60(68-62)76-54-26-10-18-42-14-2-6-22-50(42)54/h1-40,65-66H,(H,63,67)(H,64,68)(H,69,70,71)(H,72,73,74). The Balaban J connectivity index is 0.878. The Morgan fingerprint density at radius 1 is 0.412 bits per heavy atom. The molecule has 80 heavy (non-hydrogen) atoms. The number of hydrogen-bond acceptors (Lipinski definition) is 14. The number of hydrogen-bond donors (Lipinski definition) is 6. The van der Waals surface area contributed by atoms with E-state index in [1.165, 1.54) is 48.6 Å². The van der Waals surface area contributed by atoms with E-state index in [9.17, 15) is 25.9 Å². The van der Waals surface area contributed by atoms with E-state index in [2.05, 4.69) is 21.3 Å². The molecule has 0 spiro atoms. The van der Waals surface area contributed by atoms with Gasteiger partial charge in [-0.1, -0.05) is 170 Å². The molecular weight excluding hydrogens is 1050 g/mol. The molecule has 0 fully saturated rings. The van der Waals surface area contributed by atoms with Crippen LogP contribution >= 0.6 is 0 Å². The van der Waals surface area contributed by atoms with Crippen molar-refractivity contribution in [2.75, 3.05) is 10.6 Å². The van der Waals surface area contributed by atoms with Crippen LogP contribution in [-0.2, 0) is 20.2 Å². The SMILES string of the molecule is O=S(=O)(O)c1cc(NC2(Oc3cccc4ccccc34)C=CNC(Oc3cccc4ccccc34)=N2)ccc1C=Cc1ccc(NC2(Oc3cccc4ccccc34)C=CNC(Oc3cccc4ccccc34)=N2)cc1S(=O)(=O)O. The number of ether oxygens (including phenoxy) is 4. The quantitative estimate of drug-likeness (QED) is 0.0339.